The monoisotopic (exact) mass is 185 g/mol. The first kappa shape index (κ1) is 7.32. The van der Waals surface area contributed by atoms with Crippen LogP contribution in [0.3, 0.4) is 0 Å². The molecule has 3 rings (SSSR count). The summed E-state index contributed by atoms with van der Waals surface area (Å²) < 4.78 is 3.40. The van der Waals surface area contributed by atoms with Crippen molar-refractivity contribution in [3.63, 3.8) is 0 Å². The van der Waals surface area contributed by atoms with Crippen LogP contribution in [0, 0.1) is 0 Å². The lowest BCUT2D eigenvalue weighted by atomic mass is 10.5. The summed E-state index contributed by atoms with van der Waals surface area (Å²) in [7, 11) is 0. The molecule has 0 aliphatic heterocycles. The van der Waals surface area contributed by atoms with Crippen molar-refractivity contribution in [1.82, 2.24) is 13.8 Å². The van der Waals surface area contributed by atoms with Gasteiger partial charge in [-0.15, -0.1) is 0 Å². The number of hydrogen-bond donors (Lipinski definition) is 0. The Bertz CT molecular complexity index is 665. The van der Waals surface area contributed by atoms with E-state index in [1.165, 1.54) is 16.7 Å². The molecule has 0 radical (unpaired) electrons. The third kappa shape index (κ3) is 0.821. The second kappa shape index (κ2) is 2.45. The molecule has 3 aromatic heterocycles. The van der Waals surface area contributed by atoms with Crippen LogP contribution in [0.15, 0.2) is 47.7 Å². The van der Waals surface area contributed by atoms with Gasteiger partial charge in [-0.2, -0.15) is 0 Å². The summed E-state index contributed by atoms with van der Waals surface area (Å²) in [6, 6.07) is 7.23. The molecule has 0 N–H and O–H groups in total. The molecular formula is C10H7N3O. The third-order valence-electron chi connectivity index (χ3n) is 2.25. The molecule has 0 aliphatic rings. The minimum atomic E-state index is -0.0643. The first-order chi connectivity index (χ1) is 6.86. The van der Waals surface area contributed by atoms with Gasteiger partial charge in [-0.3, -0.25) is 13.6 Å². The lowest BCUT2D eigenvalue weighted by molar-refractivity contribution is 0.974. The SMILES string of the molecule is O=c1ccnc2n1ccc1cccn12. The largest absolute Gasteiger partial charge is 0.287 e. The number of nitrogens with zero attached hydrogens (tertiary/aromatic N) is 3. The zero-order chi connectivity index (χ0) is 9.54. The quantitative estimate of drug-likeness (QED) is 0.523. The Labute approximate surface area is 79.1 Å². The van der Waals surface area contributed by atoms with Crippen LogP contribution in [-0.4, -0.2) is 13.8 Å². The summed E-state index contributed by atoms with van der Waals surface area (Å²) in [4.78, 5) is 15.6. The predicted molar refractivity (Wildman–Crippen MR) is 52.4 cm³/mol. The molecule has 0 spiro atoms. The van der Waals surface area contributed by atoms with Crippen molar-refractivity contribution in [3.8, 4) is 0 Å². The molecule has 68 valence electrons. The Balaban J connectivity index is 2.71. The van der Waals surface area contributed by atoms with Crippen LogP contribution in [0.25, 0.3) is 11.3 Å². The normalized spacial score (nSPS) is 11.1. The lowest BCUT2D eigenvalue weighted by Crippen LogP contribution is -2.14. The van der Waals surface area contributed by atoms with E-state index in [9.17, 15) is 4.79 Å². The van der Waals surface area contributed by atoms with E-state index in [1.807, 2.05) is 28.8 Å². The Morgan fingerprint density at radius 3 is 2.93 bits per heavy atom. The van der Waals surface area contributed by atoms with Gasteiger partial charge in [-0.25, -0.2) is 4.98 Å². The molecule has 0 atom stereocenters. The van der Waals surface area contributed by atoms with Crippen LogP contribution in [0.5, 0.6) is 0 Å². The zero-order valence-electron chi connectivity index (χ0n) is 7.29. The van der Waals surface area contributed by atoms with Crippen LogP contribution >= 0.6 is 0 Å². The van der Waals surface area contributed by atoms with Gasteiger partial charge in [-0.1, -0.05) is 0 Å². The van der Waals surface area contributed by atoms with Crippen LogP contribution < -0.4 is 5.56 Å². The third-order valence-corrected chi connectivity index (χ3v) is 2.25. The lowest BCUT2D eigenvalue weighted by Gasteiger charge is -2.01. The maximum Gasteiger partial charge on any atom is 0.258 e. The molecule has 0 aliphatic carbocycles. The van der Waals surface area contributed by atoms with Crippen LogP contribution in [0.1, 0.15) is 0 Å². The minimum Gasteiger partial charge on any atom is -0.287 e. The first-order valence-corrected chi connectivity index (χ1v) is 4.30. The summed E-state index contributed by atoms with van der Waals surface area (Å²) in [6.07, 6.45) is 5.15. The smallest absolute Gasteiger partial charge is 0.258 e. The highest BCUT2D eigenvalue weighted by Crippen LogP contribution is 2.05. The topological polar surface area (TPSA) is 38.8 Å². The van der Waals surface area contributed by atoms with Gasteiger partial charge < -0.3 is 0 Å². The fraction of sp³-hybridized carbons (Fsp3) is 0. The van der Waals surface area contributed by atoms with E-state index in [1.54, 1.807) is 6.20 Å². The summed E-state index contributed by atoms with van der Waals surface area (Å²) in [5, 5.41) is 0. The molecule has 0 unspecified atom stereocenters. The number of hydrogen-bond acceptors (Lipinski definition) is 2. The number of aromatic nitrogens is 3. The minimum absolute atomic E-state index is 0.0643. The molecule has 0 bridgehead atoms. The molecule has 0 fully saturated rings. The van der Waals surface area contributed by atoms with Crippen molar-refractivity contribution in [3.05, 3.63) is 53.2 Å². The van der Waals surface area contributed by atoms with Crippen LogP contribution in [0.4, 0.5) is 0 Å². The molecule has 0 saturated carbocycles. The Hall–Kier alpha value is -2.10. The van der Waals surface area contributed by atoms with E-state index >= 15 is 0 Å². The van der Waals surface area contributed by atoms with Gasteiger partial charge >= 0.3 is 0 Å². The highest BCUT2D eigenvalue weighted by Gasteiger charge is 2.00. The first-order valence-electron chi connectivity index (χ1n) is 4.30. The standard InChI is InChI=1S/C10H7N3O/c14-9-3-5-11-10-12-6-1-2-8(12)4-7-13(9)10/h1-7H. The Morgan fingerprint density at radius 2 is 2.00 bits per heavy atom. The van der Waals surface area contributed by atoms with Crippen molar-refractivity contribution in [2.24, 2.45) is 0 Å². The van der Waals surface area contributed by atoms with Crippen LogP contribution in [0.2, 0.25) is 0 Å². The predicted octanol–water partition coefficient (Wildman–Crippen LogP) is 0.947. The highest BCUT2D eigenvalue weighted by atomic mass is 16.1. The van der Waals surface area contributed by atoms with Gasteiger partial charge in [0.15, 0.2) is 0 Å². The molecule has 4 heteroatoms. The molecule has 4 nitrogen and oxygen atoms in total. The van der Waals surface area contributed by atoms with Crippen molar-refractivity contribution in [2.45, 2.75) is 0 Å². The zero-order valence-corrected chi connectivity index (χ0v) is 7.29. The Morgan fingerprint density at radius 1 is 1.07 bits per heavy atom. The fourth-order valence-corrected chi connectivity index (χ4v) is 1.59. The van der Waals surface area contributed by atoms with Gasteiger partial charge in [0, 0.05) is 30.2 Å². The molecule has 0 saturated heterocycles. The van der Waals surface area contributed by atoms with Crippen molar-refractivity contribution in [1.29, 1.82) is 0 Å². The van der Waals surface area contributed by atoms with Gasteiger partial charge in [0.2, 0.25) is 5.78 Å². The summed E-state index contributed by atoms with van der Waals surface area (Å²) in [5.41, 5.74) is 0.966. The van der Waals surface area contributed by atoms with E-state index in [4.69, 9.17) is 0 Å². The van der Waals surface area contributed by atoms with Gasteiger partial charge in [0.05, 0.1) is 0 Å². The summed E-state index contributed by atoms with van der Waals surface area (Å²) >= 11 is 0. The molecule has 3 heterocycles. The summed E-state index contributed by atoms with van der Waals surface area (Å²) in [5.74, 6) is 0.639. The number of fused-ring (bicyclic) bond motifs is 3. The van der Waals surface area contributed by atoms with E-state index in [2.05, 4.69) is 4.98 Å². The average molecular weight is 185 g/mol. The van der Waals surface area contributed by atoms with E-state index in [0.29, 0.717) is 5.78 Å². The summed E-state index contributed by atoms with van der Waals surface area (Å²) in [6.45, 7) is 0. The van der Waals surface area contributed by atoms with Crippen molar-refractivity contribution >= 4 is 11.3 Å². The Kier molecular flexibility index (Phi) is 1.28. The van der Waals surface area contributed by atoms with E-state index in [-0.39, 0.29) is 5.56 Å². The van der Waals surface area contributed by atoms with Gasteiger partial charge in [-0.05, 0) is 18.2 Å². The van der Waals surface area contributed by atoms with Crippen molar-refractivity contribution in [2.75, 3.05) is 0 Å². The molecular weight excluding hydrogens is 178 g/mol. The van der Waals surface area contributed by atoms with Crippen LogP contribution in [-0.2, 0) is 0 Å². The van der Waals surface area contributed by atoms with Crippen molar-refractivity contribution < 1.29 is 0 Å². The number of rotatable bonds is 0. The van der Waals surface area contributed by atoms with E-state index < -0.39 is 0 Å². The average Bonchev–Trinajstić information content (AvgIpc) is 2.66. The fourth-order valence-electron chi connectivity index (χ4n) is 1.59. The van der Waals surface area contributed by atoms with Gasteiger partial charge in [0.25, 0.3) is 5.56 Å². The van der Waals surface area contributed by atoms with Gasteiger partial charge in [0.1, 0.15) is 0 Å². The van der Waals surface area contributed by atoms with E-state index in [0.717, 1.165) is 5.52 Å². The second-order valence-electron chi connectivity index (χ2n) is 3.07. The molecule has 0 amide bonds. The molecule has 3 aromatic rings. The molecule has 0 aromatic carbocycles. The maximum absolute atomic E-state index is 11.5. The maximum atomic E-state index is 11.5. The highest BCUT2D eigenvalue weighted by molar-refractivity contribution is 5.53. The molecule has 14 heavy (non-hydrogen) atoms. The second-order valence-corrected chi connectivity index (χ2v) is 3.07.